The highest BCUT2D eigenvalue weighted by Gasteiger charge is 2.56. The minimum atomic E-state index is -0.394. The first-order valence-electron chi connectivity index (χ1n) is 9.63. The molecule has 0 nitrogen and oxygen atoms in total. The van der Waals surface area contributed by atoms with E-state index >= 15 is 0 Å². The Bertz CT molecular complexity index is 596. The summed E-state index contributed by atoms with van der Waals surface area (Å²) in [5.74, 6) is 1.65. The SMILES string of the molecule is CC1C=CC=CC1(C)P(C1(C)C=CC=CC1C)C1(C)C=CC=CC1C. The molecule has 0 amide bonds. The summed E-state index contributed by atoms with van der Waals surface area (Å²) in [4.78, 5) is 0. The third-order valence-corrected chi connectivity index (χ3v) is 11.6. The zero-order chi connectivity index (χ0) is 18.3. The largest absolute Gasteiger partial charge is 0.0805 e. The Morgan fingerprint density at radius 1 is 0.520 bits per heavy atom. The van der Waals surface area contributed by atoms with E-state index in [0.29, 0.717) is 17.8 Å². The van der Waals surface area contributed by atoms with Crippen molar-refractivity contribution in [1.82, 2.24) is 0 Å². The maximum Gasteiger partial charge on any atom is 0.0135 e. The van der Waals surface area contributed by atoms with Gasteiger partial charge in [-0.05, 0) is 17.8 Å². The molecule has 0 aromatic rings. The van der Waals surface area contributed by atoms with Crippen LogP contribution in [0.15, 0.2) is 72.9 Å². The molecule has 134 valence electrons. The molecule has 0 fully saturated rings. The summed E-state index contributed by atoms with van der Waals surface area (Å²) in [5.41, 5.74) is 0. The molecule has 6 atom stereocenters. The Kier molecular flexibility index (Phi) is 4.89. The summed E-state index contributed by atoms with van der Waals surface area (Å²) in [6, 6.07) is 0. The Hall–Kier alpha value is -1.13. The van der Waals surface area contributed by atoms with Crippen LogP contribution in [0.1, 0.15) is 41.5 Å². The van der Waals surface area contributed by atoms with E-state index in [1.165, 1.54) is 0 Å². The van der Waals surface area contributed by atoms with Gasteiger partial charge in [0.05, 0.1) is 0 Å². The van der Waals surface area contributed by atoms with E-state index in [0.717, 1.165) is 0 Å². The molecule has 6 unspecified atom stereocenters. The standard InChI is InChI=1S/C24H33P/c1-19-13-7-10-16-22(19,4)25(23(5)17-11-8-14-20(23)2)24(6)18-12-9-15-21(24)3/h7-21H,1-6H3. The number of allylic oxidation sites excluding steroid dienone is 12. The van der Waals surface area contributed by atoms with Crippen LogP contribution in [0.5, 0.6) is 0 Å². The van der Waals surface area contributed by atoms with Crippen molar-refractivity contribution >= 4 is 7.92 Å². The first kappa shape index (κ1) is 18.7. The van der Waals surface area contributed by atoms with Crippen molar-refractivity contribution < 1.29 is 0 Å². The van der Waals surface area contributed by atoms with E-state index in [2.05, 4.69) is 114 Å². The second kappa shape index (κ2) is 6.55. The van der Waals surface area contributed by atoms with Gasteiger partial charge in [0.25, 0.3) is 0 Å². The highest BCUT2D eigenvalue weighted by Crippen LogP contribution is 2.75. The highest BCUT2D eigenvalue weighted by molar-refractivity contribution is 7.63. The summed E-state index contributed by atoms with van der Waals surface area (Å²) in [7, 11) is -0.394. The fraction of sp³-hybridized carbons (Fsp3) is 0.500. The second-order valence-electron chi connectivity index (χ2n) is 8.61. The Morgan fingerprint density at radius 2 is 0.800 bits per heavy atom. The fourth-order valence-electron chi connectivity index (χ4n) is 4.88. The molecule has 0 radical (unpaired) electrons. The van der Waals surface area contributed by atoms with Crippen molar-refractivity contribution in [2.45, 2.75) is 57.0 Å². The quantitative estimate of drug-likeness (QED) is 0.478. The Balaban J connectivity index is 2.20. The van der Waals surface area contributed by atoms with Gasteiger partial charge >= 0.3 is 0 Å². The van der Waals surface area contributed by atoms with Gasteiger partial charge in [-0.3, -0.25) is 0 Å². The monoisotopic (exact) mass is 352 g/mol. The Labute approximate surface area is 155 Å². The van der Waals surface area contributed by atoms with Crippen molar-refractivity contribution in [3.05, 3.63) is 72.9 Å². The maximum atomic E-state index is 2.51. The van der Waals surface area contributed by atoms with Gasteiger partial charge in [0.15, 0.2) is 0 Å². The van der Waals surface area contributed by atoms with Crippen molar-refractivity contribution in [2.75, 3.05) is 0 Å². The molecule has 0 saturated heterocycles. The van der Waals surface area contributed by atoms with Gasteiger partial charge in [0.2, 0.25) is 0 Å². The van der Waals surface area contributed by atoms with E-state index in [1.807, 2.05) is 0 Å². The third-order valence-electron chi connectivity index (χ3n) is 7.04. The van der Waals surface area contributed by atoms with Gasteiger partial charge in [0, 0.05) is 15.5 Å². The second-order valence-corrected chi connectivity index (χ2v) is 12.2. The first-order valence-corrected chi connectivity index (χ1v) is 11.0. The molecular formula is C24H33P. The minimum Gasteiger partial charge on any atom is -0.0805 e. The molecule has 3 aliphatic carbocycles. The topological polar surface area (TPSA) is 0 Å². The molecule has 1 heteroatoms. The van der Waals surface area contributed by atoms with Crippen LogP contribution in [-0.2, 0) is 0 Å². The fourth-order valence-corrected chi connectivity index (χ4v) is 10.2. The lowest BCUT2D eigenvalue weighted by Gasteiger charge is -2.60. The average Bonchev–Trinajstić information content (AvgIpc) is 2.56. The molecule has 25 heavy (non-hydrogen) atoms. The van der Waals surface area contributed by atoms with Crippen LogP contribution in [0.4, 0.5) is 0 Å². The van der Waals surface area contributed by atoms with Crippen LogP contribution >= 0.6 is 7.92 Å². The first-order chi connectivity index (χ1) is 11.7. The van der Waals surface area contributed by atoms with E-state index in [4.69, 9.17) is 0 Å². The van der Waals surface area contributed by atoms with Crippen LogP contribution in [0, 0.1) is 17.8 Å². The summed E-state index contributed by atoms with van der Waals surface area (Å²) in [6.07, 6.45) is 28.3. The molecule has 3 aliphatic rings. The molecule has 0 saturated carbocycles. The van der Waals surface area contributed by atoms with Gasteiger partial charge in [-0.25, -0.2) is 0 Å². The highest BCUT2D eigenvalue weighted by atomic mass is 31.1. The normalized spacial score (nSPS) is 46.6. The number of rotatable bonds is 3. The average molecular weight is 353 g/mol. The summed E-state index contributed by atoms with van der Waals surface area (Å²) in [5, 5.41) is 0.545. The zero-order valence-electron chi connectivity index (χ0n) is 16.6. The van der Waals surface area contributed by atoms with E-state index in [1.54, 1.807) is 0 Å². The molecule has 0 heterocycles. The smallest absolute Gasteiger partial charge is 0.0135 e. The van der Waals surface area contributed by atoms with Gasteiger partial charge in [-0.1, -0.05) is 122 Å². The lowest BCUT2D eigenvalue weighted by molar-refractivity contribution is 0.490. The van der Waals surface area contributed by atoms with E-state index in [-0.39, 0.29) is 15.5 Å². The maximum absolute atomic E-state index is 2.51. The summed E-state index contributed by atoms with van der Waals surface area (Å²) in [6.45, 7) is 14.7. The molecule has 0 aliphatic heterocycles. The van der Waals surface area contributed by atoms with E-state index < -0.39 is 7.92 Å². The van der Waals surface area contributed by atoms with Crippen molar-refractivity contribution in [2.24, 2.45) is 17.8 Å². The molecule has 3 rings (SSSR count). The van der Waals surface area contributed by atoms with Crippen molar-refractivity contribution in [3.8, 4) is 0 Å². The summed E-state index contributed by atoms with van der Waals surface area (Å²) < 4.78 is 0. The molecule has 0 N–H and O–H groups in total. The van der Waals surface area contributed by atoms with Crippen molar-refractivity contribution in [3.63, 3.8) is 0 Å². The van der Waals surface area contributed by atoms with Gasteiger partial charge in [-0.15, -0.1) is 0 Å². The minimum absolute atomic E-state index is 0.182. The molecule has 0 aromatic heterocycles. The third kappa shape index (κ3) is 2.87. The zero-order valence-corrected chi connectivity index (χ0v) is 17.5. The molecule has 0 bridgehead atoms. The predicted octanol–water partition coefficient (Wildman–Crippen LogP) is 7.03. The van der Waals surface area contributed by atoms with Gasteiger partial charge < -0.3 is 0 Å². The predicted molar refractivity (Wildman–Crippen MR) is 114 cm³/mol. The van der Waals surface area contributed by atoms with Crippen LogP contribution in [0.25, 0.3) is 0 Å². The van der Waals surface area contributed by atoms with E-state index in [9.17, 15) is 0 Å². The van der Waals surface area contributed by atoms with Gasteiger partial charge in [0.1, 0.15) is 0 Å². The van der Waals surface area contributed by atoms with Crippen LogP contribution in [0.3, 0.4) is 0 Å². The van der Waals surface area contributed by atoms with Gasteiger partial charge in [-0.2, -0.15) is 0 Å². The summed E-state index contributed by atoms with van der Waals surface area (Å²) >= 11 is 0. The Morgan fingerprint density at radius 3 is 1.04 bits per heavy atom. The van der Waals surface area contributed by atoms with Crippen LogP contribution in [-0.4, -0.2) is 15.5 Å². The lowest BCUT2D eigenvalue weighted by Crippen LogP contribution is -2.49. The van der Waals surface area contributed by atoms with Crippen molar-refractivity contribution in [1.29, 1.82) is 0 Å². The number of hydrogen-bond acceptors (Lipinski definition) is 0. The van der Waals surface area contributed by atoms with Crippen LogP contribution in [0.2, 0.25) is 0 Å². The molecule has 0 spiro atoms. The lowest BCUT2D eigenvalue weighted by atomic mass is 9.88. The van der Waals surface area contributed by atoms with Crippen LogP contribution < -0.4 is 0 Å². The molecule has 0 aromatic carbocycles. The number of hydrogen-bond donors (Lipinski definition) is 0. The molecular weight excluding hydrogens is 319 g/mol.